The summed E-state index contributed by atoms with van der Waals surface area (Å²) in [5.74, 6) is 9.29. The van der Waals surface area contributed by atoms with Crippen molar-refractivity contribution in [3.05, 3.63) is 54.1 Å². The van der Waals surface area contributed by atoms with E-state index in [2.05, 4.69) is 10.9 Å². The van der Waals surface area contributed by atoms with Crippen LogP contribution in [0.15, 0.2) is 48.6 Å². The van der Waals surface area contributed by atoms with Gasteiger partial charge in [-0.15, -0.1) is 0 Å². The van der Waals surface area contributed by atoms with Gasteiger partial charge in [-0.25, -0.2) is 10.9 Å². The van der Waals surface area contributed by atoms with Crippen LogP contribution in [-0.2, 0) is 20.2 Å². The van der Waals surface area contributed by atoms with E-state index in [4.69, 9.17) is 11.7 Å². The first-order valence-electron chi connectivity index (χ1n) is 7.33. The molecule has 0 aromatic heterocycles. The molecule has 1 aromatic rings. The second kappa shape index (κ2) is 7.17. The number of benzene rings is 1. The van der Waals surface area contributed by atoms with Gasteiger partial charge in [-0.05, 0) is 5.56 Å². The number of hydrogen-bond donors (Lipinski definition) is 6. The average molecular weight is 404 g/mol. The molecular formula is C14H20N4O6S2. The van der Waals surface area contributed by atoms with E-state index in [0.717, 1.165) is 0 Å². The van der Waals surface area contributed by atoms with E-state index in [1.54, 1.807) is 30.3 Å². The summed E-state index contributed by atoms with van der Waals surface area (Å²) >= 11 is 0. The molecule has 0 saturated carbocycles. The fourth-order valence-electron chi connectivity index (χ4n) is 2.87. The van der Waals surface area contributed by atoms with Crippen LogP contribution < -0.4 is 22.5 Å². The number of rotatable bonds is 6. The molecule has 1 aliphatic rings. The normalized spacial score (nSPS) is 22.5. The van der Waals surface area contributed by atoms with Crippen molar-refractivity contribution in [3.8, 4) is 0 Å². The summed E-state index contributed by atoms with van der Waals surface area (Å²) in [6, 6.07) is 8.65. The topological polar surface area (TPSA) is 185 Å². The maximum absolute atomic E-state index is 12.1. The molecule has 12 heteroatoms. The molecule has 0 spiro atoms. The first-order chi connectivity index (χ1) is 12.0. The monoisotopic (exact) mass is 404 g/mol. The Labute approximate surface area is 151 Å². The minimum atomic E-state index is -5.32. The molecule has 1 atom stereocenters. The van der Waals surface area contributed by atoms with Crippen molar-refractivity contribution in [2.75, 3.05) is 0 Å². The van der Waals surface area contributed by atoms with Gasteiger partial charge in [0, 0.05) is 12.3 Å². The van der Waals surface area contributed by atoms with Crippen molar-refractivity contribution in [2.45, 2.75) is 16.2 Å². The largest absolute Gasteiger partial charge is 0.288 e. The quantitative estimate of drug-likeness (QED) is 0.117. The minimum Gasteiger partial charge on any atom is -0.284 e. The Hall–Kier alpha value is -1.64. The van der Waals surface area contributed by atoms with Gasteiger partial charge in [0.05, 0.1) is 0 Å². The predicted molar refractivity (Wildman–Crippen MR) is 95.9 cm³/mol. The van der Waals surface area contributed by atoms with E-state index in [9.17, 15) is 25.9 Å². The van der Waals surface area contributed by atoms with Crippen LogP contribution in [0.5, 0.6) is 0 Å². The zero-order chi connectivity index (χ0) is 19.6. The smallest absolute Gasteiger partial charge is 0.284 e. The molecule has 1 aliphatic carbocycles. The van der Waals surface area contributed by atoms with E-state index >= 15 is 0 Å². The predicted octanol–water partition coefficient (Wildman–Crippen LogP) is -0.629. The van der Waals surface area contributed by atoms with Crippen LogP contribution in [-0.4, -0.2) is 35.7 Å². The van der Waals surface area contributed by atoms with Crippen LogP contribution in [0.2, 0.25) is 0 Å². The second-order valence-corrected chi connectivity index (χ2v) is 9.47. The second-order valence-electron chi connectivity index (χ2n) is 5.85. The highest BCUT2D eigenvalue weighted by atomic mass is 32.3. The Morgan fingerprint density at radius 1 is 1.04 bits per heavy atom. The molecule has 2 rings (SSSR count). The molecule has 8 N–H and O–H groups in total. The summed E-state index contributed by atoms with van der Waals surface area (Å²) in [5.41, 5.74) is 3.29. The van der Waals surface area contributed by atoms with Crippen molar-refractivity contribution in [3.63, 3.8) is 0 Å². The Kier molecular flexibility index (Phi) is 5.70. The highest BCUT2D eigenvalue weighted by molar-refractivity contribution is 8.05. The van der Waals surface area contributed by atoms with Crippen LogP contribution in [0.4, 0.5) is 0 Å². The minimum absolute atomic E-state index is 0.659. The summed E-state index contributed by atoms with van der Waals surface area (Å²) in [6.45, 7) is 0. The van der Waals surface area contributed by atoms with Crippen LogP contribution in [0.1, 0.15) is 12.0 Å². The molecular weight excluding hydrogens is 384 g/mol. The molecule has 10 nitrogen and oxygen atoms in total. The maximum Gasteiger partial charge on any atom is 0.288 e. The Balaban J connectivity index is 2.68. The van der Waals surface area contributed by atoms with Gasteiger partial charge < -0.3 is 0 Å². The van der Waals surface area contributed by atoms with Gasteiger partial charge in [-0.2, -0.15) is 16.8 Å². The van der Waals surface area contributed by atoms with Gasteiger partial charge in [0.25, 0.3) is 20.2 Å². The molecule has 0 unspecified atom stereocenters. The van der Waals surface area contributed by atoms with Gasteiger partial charge in [0.2, 0.25) is 4.08 Å². The molecule has 0 bridgehead atoms. The van der Waals surface area contributed by atoms with Crippen LogP contribution in [0.25, 0.3) is 6.08 Å². The Morgan fingerprint density at radius 3 is 2.04 bits per heavy atom. The molecule has 0 radical (unpaired) electrons. The molecule has 0 fully saturated rings. The number of hydrazine groups is 2. The van der Waals surface area contributed by atoms with Crippen LogP contribution >= 0.6 is 0 Å². The number of nitrogens with two attached hydrogens (primary N) is 2. The number of nitrogens with one attached hydrogen (secondary N) is 2. The third-order valence-electron chi connectivity index (χ3n) is 4.31. The summed E-state index contributed by atoms with van der Waals surface area (Å²) < 4.78 is 64.9. The zero-order valence-corrected chi connectivity index (χ0v) is 15.1. The lowest BCUT2D eigenvalue weighted by Gasteiger charge is -2.43. The van der Waals surface area contributed by atoms with Crippen molar-refractivity contribution in [1.29, 1.82) is 0 Å². The summed E-state index contributed by atoms with van der Waals surface area (Å²) in [7, 11) is -10.6. The van der Waals surface area contributed by atoms with Crippen molar-refractivity contribution in [1.82, 2.24) is 10.9 Å². The first-order valence-corrected chi connectivity index (χ1v) is 10.2. The van der Waals surface area contributed by atoms with E-state index in [-0.39, 0.29) is 0 Å². The molecule has 0 saturated heterocycles. The third-order valence-corrected chi connectivity index (χ3v) is 8.15. The van der Waals surface area contributed by atoms with Gasteiger partial charge in [-0.3, -0.25) is 20.8 Å². The van der Waals surface area contributed by atoms with Gasteiger partial charge in [0.15, 0.2) is 0 Å². The number of allylic oxidation sites excluding steroid dienone is 2. The van der Waals surface area contributed by atoms with Gasteiger partial charge in [0.1, 0.15) is 5.66 Å². The van der Waals surface area contributed by atoms with Crippen LogP contribution in [0, 0.1) is 5.92 Å². The third kappa shape index (κ3) is 3.58. The zero-order valence-electron chi connectivity index (χ0n) is 13.5. The fourth-order valence-corrected chi connectivity index (χ4v) is 5.76. The van der Waals surface area contributed by atoms with Gasteiger partial charge >= 0.3 is 0 Å². The first kappa shape index (κ1) is 20.7. The lowest BCUT2D eigenvalue weighted by molar-refractivity contribution is 0.255. The van der Waals surface area contributed by atoms with E-state index in [1.165, 1.54) is 24.3 Å². The lowest BCUT2D eigenvalue weighted by Crippen LogP contribution is -2.69. The molecule has 144 valence electrons. The molecule has 0 amide bonds. The maximum atomic E-state index is 12.1. The van der Waals surface area contributed by atoms with E-state index in [1.807, 2.05) is 0 Å². The Morgan fingerprint density at radius 2 is 1.58 bits per heavy atom. The highest BCUT2D eigenvalue weighted by Gasteiger charge is 2.63. The molecule has 26 heavy (non-hydrogen) atoms. The molecule has 1 aromatic carbocycles. The van der Waals surface area contributed by atoms with E-state index < -0.39 is 42.3 Å². The lowest BCUT2D eigenvalue weighted by atomic mass is 9.87. The summed E-state index contributed by atoms with van der Waals surface area (Å²) in [5, 5.41) is 0. The fraction of sp³-hybridized carbons (Fsp3) is 0.286. The van der Waals surface area contributed by atoms with Crippen molar-refractivity contribution >= 4 is 26.3 Å². The van der Waals surface area contributed by atoms with Crippen LogP contribution in [0.3, 0.4) is 0 Å². The number of hydrogen-bond acceptors (Lipinski definition) is 8. The SMILES string of the molecule is NNC1(NN)C=C[C@H](/C=C/c2ccccc2)C(S(=O)(=O)O)(S(=O)(=O)O)C1. The Bertz CT molecular complexity index is 876. The molecule has 0 aliphatic heterocycles. The standard InChI is InChI=1S/C14H20N4O6S2/c15-17-13(18-16)9-8-12(7-6-11-4-2-1-3-5-11)14(10-13,25(19,20)21)26(22,23)24/h1-9,12,17-18H,10,15-16H2,(H,19,20,21)(H,22,23,24)/b7-6+/t12-/m0/s1. The molecule has 0 heterocycles. The van der Waals surface area contributed by atoms with Crippen molar-refractivity contribution < 1.29 is 25.9 Å². The van der Waals surface area contributed by atoms with Gasteiger partial charge in [-0.1, -0.05) is 54.6 Å². The highest BCUT2D eigenvalue weighted by Crippen LogP contribution is 2.43. The summed E-state index contributed by atoms with van der Waals surface area (Å²) in [4.78, 5) is 0. The summed E-state index contributed by atoms with van der Waals surface area (Å²) in [6.07, 6.45) is 4.33. The van der Waals surface area contributed by atoms with E-state index in [0.29, 0.717) is 5.56 Å². The average Bonchev–Trinajstić information content (AvgIpc) is 2.58. The van der Waals surface area contributed by atoms with Crippen molar-refractivity contribution in [2.24, 2.45) is 17.6 Å².